The van der Waals surface area contributed by atoms with Crippen LogP contribution >= 0.6 is 11.8 Å². The number of nitrogens with one attached hydrogen (secondary N) is 1. The summed E-state index contributed by atoms with van der Waals surface area (Å²) in [5.41, 5.74) is 0.00115. The number of nitrogens with zero attached hydrogens (tertiary/aromatic N) is 2. The van der Waals surface area contributed by atoms with Gasteiger partial charge in [0.2, 0.25) is 0 Å². The fraction of sp³-hybridized carbons (Fsp3) is 0.545. The van der Waals surface area contributed by atoms with Crippen molar-refractivity contribution >= 4 is 23.3 Å². The van der Waals surface area contributed by atoms with Crippen LogP contribution in [0.2, 0.25) is 0 Å². The van der Waals surface area contributed by atoms with Crippen LogP contribution in [0.15, 0.2) is 17.2 Å². The van der Waals surface area contributed by atoms with Crippen molar-refractivity contribution in [3.05, 3.63) is 22.2 Å². The van der Waals surface area contributed by atoms with E-state index in [9.17, 15) is 15.2 Å². The van der Waals surface area contributed by atoms with Gasteiger partial charge in [-0.3, -0.25) is 10.1 Å². The number of hydrogen-bond donors (Lipinski definition) is 2. The molecule has 2 unspecified atom stereocenters. The smallest absolute Gasteiger partial charge is 0.275 e. The Morgan fingerprint density at radius 2 is 2.22 bits per heavy atom. The maximum absolute atomic E-state index is 10.8. The Bertz CT molecular complexity index is 426. The van der Waals surface area contributed by atoms with Crippen LogP contribution < -0.4 is 5.32 Å². The van der Waals surface area contributed by atoms with Crippen LogP contribution in [0.1, 0.15) is 20.8 Å². The van der Waals surface area contributed by atoms with Gasteiger partial charge in [0.15, 0.2) is 0 Å². The van der Waals surface area contributed by atoms with Crippen molar-refractivity contribution in [1.29, 1.82) is 0 Å². The van der Waals surface area contributed by atoms with E-state index in [1.807, 2.05) is 13.8 Å². The van der Waals surface area contributed by atoms with Gasteiger partial charge in [0.1, 0.15) is 10.8 Å². The maximum Gasteiger partial charge on any atom is 0.275 e. The van der Waals surface area contributed by atoms with Gasteiger partial charge in [-0.15, -0.1) is 11.8 Å². The first kappa shape index (κ1) is 14.7. The molecule has 0 aliphatic heterocycles. The summed E-state index contributed by atoms with van der Waals surface area (Å²) < 4.78 is 0. The summed E-state index contributed by atoms with van der Waals surface area (Å²) in [6.45, 7) is 6.07. The Labute approximate surface area is 110 Å². The standard InChI is InChI=1S/C11H17N3O3S/c1-4-12-10-5-9(14(16)17)6-11(13-10)18-8(3)7(2)15/h5-8,15H,4H2,1-3H3,(H,12,13). The summed E-state index contributed by atoms with van der Waals surface area (Å²) in [6.07, 6.45) is -0.501. The van der Waals surface area contributed by atoms with E-state index in [0.717, 1.165) is 0 Å². The van der Waals surface area contributed by atoms with Crippen molar-refractivity contribution in [3.63, 3.8) is 0 Å². The Balaban J connectivity index is 2.99. The maximum atomic E-state index is 10.8. The van der Waals surface area contributed by atoms with Gasteiger partial charge in [-0.05, 0) is 13.8 Å². The lowest BCUT2D eigenvalue weighted by Crippen LogP contribution is -2.15. The first-order valence-corrected chi connectivity index (χ1v) is 6.57. The molecule has 100 valence electrons. The summed E-state index contributed by atoms with van der Waals surface area (Å²) in [6, 6.07) is 2.82. The van der Waals surface area contributed by atoms with Crippen LogP contribution in [0.4, 0.5) is 11.5 Å². The molecule has 0 saturated carbocycles. The first-order chi connectivity index (χ1) is 8.43. The van der Waals surface area contributed by atoms with Gasteiger partial charge >= 0.3 is 0 Å². The van der Waals surface area contributed by atoms with E-state index >= 15 is 0 Å². The lowest BCUT2D eigenvalue weighted by atomic mass is 10.3. The third-order valence-corrected chi connectivity index (χ3v) is 3.56. The van der Waals surface area contributed by atoms with E-state index in [0.29, 0.717) is 17.4 Å². The fourth-order valence-electron chi connectivity index (χ4n) is 1.22. The lowest BCUT2D eigenvalue weighted by Gasteiger charge is -2.13. The molecule has 7 heteroatoms. The SMILES string of the molecule is CCNc1cc([N+](=O)[O-])cc(SC(C)C(C)O)n1. The molecule has 18 heavy (non-hydrogen) atoms. The van der Waals surface area contributed by atoms with Gasteiger partial charge in [0.25, 0.3) is 5.69 Å². The van der Waals surface area contributed by atoms with E-state index < -0.39 is 11.0 Å². The van der Waals surface area contributed by atoms with Crippen LogP contribution in [0, 0.1) is 10.1 Å². The summed E-state index contributed by atoms with van der Waals surface area (Å²) in [4.78, 5) is 14.6. The largest absolute Gasteiger partial charge is 0.392 e. The number of aliphatic hydroxyl groups is 1. The van der Waals surface area contributed by atoms with Crippen molar-refractivity contribution in [2.75, 3.05) is 11.9 Å². The predicted molar refractivity (Wildman–Crippen MR) is 72.1 cm³/mol. The van der Waals surface area contributed by atoms with Crippen molar-refractivity contribution < 1.29 is 10.0 Å². The second kappa shape index (κ2) is 6.55. The number of pyridine rings is 1. The molecule has 0 spiro atoms. The Morgan fingerprint density at radius 3 is 2.72 bits per heavy atom. The van der Waals surface area contributed by atoms with Crippen molar-refractivity contribution in [2.45, 2.75) is 37.2 Å². The molecular weight excluding hydrogens is 254 g/mol. The summed E-state index contributed by atoms with van der Waals surface area (Å²) in [5.74, 6) is 0.479. The second-order valence-electron chi connectivity index (χ2n) is 3.90. The minimum Gasteiger partial charge on any atom is -0.392 e. The average Bonchev–Trinajstić information content (AvgIpc) is 2.28. The van der Waals surface area contributed by atoms with E-state index in [1.54, 1.807) is 6.92 Å². The van der Waals surface area contributed by atoms with Gasteiger partial charge < -0.3 is 10.4 Å². The number of nitro groups is 1. The van der Waals surface area contributed by atoms with Crippen LogP contribution in [0.3, 0.4) is 0 Å². The molecule has 0 radical (unpaired) electrons. The molecule has 1 rings (SSSR count). The van der Waals surface area contributed by atoms with Crippen molar-refractivity contribution in [1.82, 2.24) is 4.98 Å². The predicted octanol–water partition coefficient (Wildman–Crippen LogP) is 2.28. The molecule has 0 amide bonds. The van der Waals surface area contributed by atoms with Crippen LogP contribution in [0.25, 0.3) is 0 Å². The number of rotatable bonds is 6. The molecule has 1 aromatic rings. The van der Waals surface area contributed by atoms with E-state index in [1.165, 1.54) is 23.9 Å². The van der Waals surface area contributed by atoms with Gasteiger partial charge in [-0.1, -0.05) is 6.92 Å². The number of aromatic nitrogens is 1. The number of thioether (sulfide) groups is 1. The van der Waals surface area contributed by atoms with E-state index in [-0.39, 0.29) is 10.9 Å². The number of anilines is 1. The third kappa shape index (κ3) is 4.15. The molecule has 0 saturated heterocycles. The minimum atomic E-state index is -0.501. The number of hydrogen-bond acceptors (Lipinski definition) is 6. The topological polar surface area (TPSA) is 88.3 Å². The van der Waals surface area contributed by atoms with Crippen LogP contribution in [-0.2, 0) is 0 Å². The highest BCUT2D eigenvalue weighted by atomic mass is 32.2. The highest BCUT2D eigenvalue weighted by Gasteiger charge is 2.16. The molecular formula is C11H17N3O3S. The van der Waals surface area contributed by atoms with E-state index in [4.69, 9.17) is 0 Å². The monoisotopic (exact) mass is 271 g/mol. The van der Waals surface area contributed by atoms with Crippen LogP contribution in [-0.4, -0.2) is 32.9 Å². The molecule has 1 heterocycles. The van der Waals surface area contributed by atoms with E-state index in [2.05, 4.69) is 10.3 Å². The molecule has 0 aliphatic carbocycles. The van der Waals surface area contributed by atoms with Crippen LogP contribution in [0.5, 0.6) is 0 Å². The fourth-order valence-corrected chi connectivity index (χ4v) is 2.14. The summed E-state index contributed by atoms with van der Waals surface area (Å²) in [5, 5.41) is 23.7. The summed E-state index contributed by atoms with van der Waals surface area (Å²) >= 11 is 1.32. The zero-order valence-corrected chi connectivity index (χ0v) is 11.4. The number of aliphatic hydroxyl groups excluding tert-OH is 1. The Hall–Kier alpha value is -1.34. The molecule has 0 bridgehead atoms. The quantitative estimate of drug-likeness (QED) is 0.469. The molecule has 6 nitrogen and oxygen atoms in total. The molecule has 2 atom stereocenters. The zero-order chi connectivity index (χ0) is 13.7. The molecule has 1 aromatic heterocycles. The highest BCUT2D eigenvalue weighted by molar-refractivity contribution is 7.99. The normalized spacial score (nSPS) is 14.0. The zero-order valence-electron chi connectivity index (χ0n) is 10.6. The van der Waals surface area contributed by atoms with Gasteiger partial charge in [0, 0.05) is 17.9 Å². The summed E-state index contributed by atoms with van der Waals surface area (Å²) in [7, 11) is 0. The molecule has 0 fully saturated rings. The molecule has 0 aromatic carbocycles. The Kier molecular flexibility index (Phi) is 5.36. The highest BCUT2D eigenvalue weighted by Crippen LogP contribution is 2.28. The Morgan fingerprint density at radius 1 is 1.56 bits per heavy atom. The van der Waals surface area contributed by atoms with Crippen molar-refractivity contribution in [3.8, 4) is 0 Å². The first-order valence-electron chi connectivity index (χ1n) is 5.69. The molecule has 2 N–H and O–H groups in total. The minimum absolute atomic E-state index is 0.00115. The lowest BCUT2D eigenvalue weighted by molar-refractivity contribution is -0.385. The van der Waals surface area contributed by atoms with Crippen molar-refractivity contribution in [2.24, 2.45) is 0 Å². The second-order valence-corrected chi connectivity index (χ2v) is 5.30. The third-order valence-electron chi connectivity index (χ3n) is 2.34. The van der Waals surface area contributed by atoms with Gasteiger partial charge in [0.05, 0.1) is 17.1 Å². The average molecular weight is 271 g/mol. The molecule has 0 aliphatic rings. The van der Waals surface area contributed by atoms with Gasteiger partial charge in [-0.2, -0.15) is 0 Å². The van der Waals surface area contributed by atoms with Gasteiger partial charge in [-0.25, -0.2) is 4.98 Å².